The quantitative estimate of drug-likeness (QED) is 0.644. The summed E-state index contributed by atoms with van der Waals surface area (Å²) < 4.78 is 28.7. The maximum absolute atomic E-state index is 13.6. The van der Waals surface area contributed by atoms with Crippen LogP contribution in [0.5, 0.6) is 0 Å². The molecule has 0 bridgehead atoms. The monoisotopic (exact) mass is 382 g/mol. The van der Waals surface area contributed by atoms with Gasteiger partial charge in [-0.3, -0.25) is 4.79 Å². The first-order valence-corrected chi connectivity index (χ1v) is 9.25. The molecule has 0 fully saturated rings. The molecule has 1 heterocycles. The van der Waals surface area contributed by atoms with E-state index < -0.39 is 11.6 Å². The standard InChI is InChI=1S/C23H24F2N2O/c1-14-15(2)22(23(28)26-16(3)19-8-6-5-7-9-19)27(17(14)4)13-18-10-11-20(24)21(25)12-18/h5-12,16H,13H2,1-4H3,(H,26,28)/t16-/m0/s1. The van der Waals surface area contributed by atoms with E-state index in [2.05, 4.69) is 5.32 Å². The summed E-state index contributed by atoms with van der Waals surface area (Å²) in [5.74, 6) is -1.96. The Kier molecular flexibility index (Phi) is 5.63. The van der Waals surface area contributed by atoms with Gasteiger partial charge in [-0.2, -0.15) is 0 Å². The Labute approximate surface area is 164 Å². The molecular weight excluding hydrogens is 358 g/mol. The summed E-state index contributed by atoms with van der Waals surface area (Å²) in [6, 6.07) is 13.4. The molecule has 0 saturated carbocycles. The van der Waals surface area contributed by atoms with Crippen LogP contribution in [0.15, 0.2) is 48.5 Å². The summed E-state index contributed by atoms with van der Waals surface area (Å²) in [6.07, 6.45) is 0. The van der Waals surface area contributed by atoms with Gasteiger partial charge >= 0.3 is 0 Å². The van der Waals surface area contributed by atoms with E-state index >= 15 is 0 Å². The fourth-order valence-electron chi connectivity index (χ4n) is 3.42. The van der Waals surface area contributed by atoms with Gasteiger partial charge in [0.15, 0.2) is 11.6 Å². The Morgan fingerprint density at radius 3 is 2.32 bits per heavy atom. The van der Waals surface area contributed by atoms with Crippen molar-refractivity contribution in [1.82, 2.24) is 9.88 Å². The molecule has 3 aromatic rings. The van der Waals surface area contributed by atoms with Crippen molar-refractivity contribution >= 4 is 5.91 Å². The van der Waals surface area contributed by atoms with Crippen LogP contribution in [-0.4, -0.2) is 10.5 Å². The summed E-state index contributed by atoms with van der Waals surface area (Å²) >= 11 is 0. The highest BCUT2D eigenvalue weighted by Crippen LogP contribution is 2.24. The van der Waals surface area contributed by atoms with Crippen LogP contribution in [0.1, 0.15) is 51.4 Å². The molecule has 28 heavy (non-hydrogen) atoms. The van der Waals surface area contributed by atoms with Crippen LogP contribution in [0.4, 0.5) is 8.78 Å². The summed E-state index contributed by atoms with van der Waals surface area (Å²) in [7, 11) is 0. The predicted octanol–water partition coefficient (Wildman–Crippen LogP) is 5.23. The average Bonchev–Trinajstić information content (AvgIpc) is 2.89. The molecule has 0 spiro atoms. The third kappa shape index (κ3) is 3.84. The minimum absolute atomic E-state index is 0.152. The lowest BCUT2D eigenvalue weighted by Crippen LogP contribution is -2.29. The SMILES string of the molecule is Cc1c(C)c(C(=O)N[C@@H](C)c2ccccc2)n(Cc2ccc(F)c(F)c2)c1C. The van der Waals surface area contributed by atoms with Crippen LogP contribution < -0.4 is 5.32 Å². The van der Waals surface area contributed by atoms with Crippen molar-refractivity contribution < 1.29 is 13.6 Å². The third-order valence-electron chi connectivity index (χ3n) is 5.32. The minimum Gasteiger partial charge on any atom is -0.344 e. The number of carbonyl (C=O) groups excluding carboxylic acids is 1. The number of carbonyl (C=O) groups is 1. The summed E-state index contributed by atoms with van der Waals surface area (Å²) in [4.78, 5) is 13.1. The Hall–Kier alpha value is -2.95. The highest BCUT2D eigenvalue weighted by Gasteiger charge is 2.22. The number of nitrogens with one attached hydrogen (secondary N) is 1. The number of benzene rings is 2. The van der Waals surface area contributed by atoms with E-state index in [4.69, 9.17) is 0 Å². The van der Waals surface area contributed by atoms with Crippen LogP contribution in [0.3, 0.4) is 0 Å². The Balaban J connectivity index is 1.93. The fraction of sp³-hybridized carbons (Fsp3) is 0.261. The summed E-state index contributed by atoms with van der Waals surface area (Å²) in [5, 5.41) is 3.05. The molecule has 0 unspecified atom stereocenters. The van der Waals surface area contributed by atoms with Crippen molar-refractivity contribution in [3.05, 3.63) is 93.8 Å². The molecule has 146 valence electrons. The molecule has 0 aliphatic heterocycles. The Morgan fingerprint density at radius 1 is 1.00 bits per heavy atom. The predicted molar refractivity (Wildman–Crippen MR) is 106 cm³/mol. The molecule has 1 aromatic heterocycles. The zero-order chi connectivity index (χ0) is 20.4. The first-order valence-electron chi connectivity index (χ1n) is 9.25. The van der Waals surface area contributed by atoms with Gasteiger partial charge in [0.1, 0.15) is 5.69 Å². The van der Waals surface area contributed by atoms with Gasteiger partial charge < -0.3 is 9.88 Å². The number of amides is 1. The second-order valence-electron chi connectivity index (χ2n) is 7.12. The van der Waals surface area contributed by atoms with E-state index in [1.807, 2.05) is 62.6 Å². The lowest BCUT2D eigenvalue weighted by Gasteiger charge is -2.17. The highest BCUT2D eigenvalue weighted by atomic mass is 19.2. The van der Waals surface area contributed by atoms with Crippen molar-refractivity contribution in [2.45, 2.75) is 40.3 Å². The molecule has 0 radical (unpaired) electrons. The maximum atomic E-state index is 13.6. The molecular formula is C23H24F2N2O. The van der Waals surface area contributed by atoms with Crippen LogP contribution in [0.25, 0.3) is 0 Å². The highest BCUT2D eigenvalue weighted by molar-refractivity contribution is 5.95. The van der Waals surface area contributed by atoms with Crippen molar-refractivity contribution in [2.24, 2.45) is 0 Å². The first kappa shape index (κ1) is 19.8. The number of halogens is 2. The molecule has 0 aliphatic rings. The molecule has 5 heteroatoms. The lowest BCUT2D eigenvalue weighted by molar-refractivity contribution is 0.0930. The molecule has 2 aromatic carbocycles. The van der Waals surface area contributed by atoms with Crippen molar-refractivity contribution in [1.29, 1.82) is 0 Å². The van der Waals surface area contributed by atoms with Crippen molar-refractivity contribution in [3.63, 3.8) is 0 Å². The van der Waals surface area contributed by atoms with Gasteiger partial charge in [0.05, 0.1) is 6.04 Å². The smallest absolute Gasteiger partial charge is 0.268 e. The maximum Gasteiger partial charge on any atom is 0.268 e. The van der Waals surface area contributed by atoms with Crippen molar-refractivity contribution in [3.8, 4) is 0 Å². The van der Waals surface area contributed by atoms with Crippen molar-refractivity contribution in [2.75, 3.05) is 0 Å². The number of aromatic nitrogens is 1. The van der Waals surface area contributed by atoms with E-state index in [0.717, 1.165) is 28.5 Å². The van der Waals surface area contributed by atoms with Crippen LogP contribution in [0.2, 0.25) is 0 Å². The number of hydrogen-bond donors (Lipinski definition) is 1. The minimum atomic E-state index is -0.889. The Bertz CT molecular complexity index is 1010. The van der Waals surface area contributed by atoms with Gasteiger partial charge in [-0.25, -0.2) is 8.78 Å². The Morgan fingerprint density at radius 2 is 1.68 bits per heavy atom. The molecule has 1 amide bonds. The zero-order valence-corrected chi connectivity index (χ0v) is 16.5. The average molecular weight is 382 g/mol. The molecule has 0 aliphatic carbocycles. The summed E-state index contributed by atoms with van der Waals surface area (Å²) in [5.41, 5.74) is 4.99. The van der Waals surface area contributed by atoms with Gasteiger partial charge in [0, 0.05) is 12.2 Å². The van der Waals surface area contributed by atoms with E-state index in [1.165, 1.54) is 12.1 Å². The van der Waals surface area contributed by atoms with E-state index in [9.17, 15) is 13.6 Å². The molecule has 0 saturated heterocycles. The van der Waals surface area contributed by atoms with Gasteiger partial charge in [-0.15, -0.1) is 0 Å². The number of nitrogens with zero attached hydrogens (tertiary/aromatic N) is 1. The largest absolute Gasteiger partial charge is 0.344 e. The van der Waals surface area contributed by atoms with Gasteiger partial charge in [-0.1, -0.05) is 36.4 Å². The first-order chi connectivity index (χ1) is 13.3. The zero-order valence-electron chi connectivity index (χ0n) is 16.5. The van der Waals surface area contributed by atoms with Gasteiger partial charge in [0.2, 0.25) is 0 Å². The number of hydrogen-bond acceptors (Lipinski definition) is 1. The van der Waals surface area contributed by atoms with Crippen LogP contribution in [0, 0.1) is 32.4 Å². The molecule has 1 N–H and O–H groups in total. The fourth-order valence-corrected chi connectivity index (χ4v) is 3.42. The second kappa shape index (κ2) is 7.97. The van der Waals surface area contributed by atoms with E-state index in [0.29, 0.717) is 17.8 Å². The topological polar surface area (TPSA) is 34.0 Å². The molecule has 3 nitrogen and oxygen atoms in total. The third-order valence-corrected chi connectivity index (χ3v) is 5.32. The molecule has 3 rings (SSSR count). The van der Waals surface area contributed by atoms with Gasteiger partial charge in [0.25, 0.3) is 5.91 Å². The van der Waals surface area contributed by atoms with Gasteiger partial charge in [-0.05, 0) is 62.1 Å². The normalized spacial score (nSPS) is 12.1. The van der Waals surface area contributed by atoms with E-state index in [-0.39, 0.29) is 11.9 Å². The molecule has 1 atom stereocenters. The second-order valence-corrected chi connectivity index (χ2v) is 7.12. The van der Waals surface area contributed by atoms with Crippen LogP contribution >= 0.6 is 0 Å². The number of rotatable bonds is 5. The lowest BCUT2D eigenvalue weighted by atomic mass is 10.1. The van der Waals surface area contributed by atoms with Crippen LogP contribution in [-0.2, 0) is 6.54 Å². The summed E-state index contributed by atoms with van der Waals surface area (Å²) in [6.45, 7) is 8.03. The van der Waals surface area contributed by atoms with E-state index in [1.54, 1.807) is 0 Å².